The molecule has 1 atom stereocenters. The third-order valence-electron chi connectivity index (χ3n) is 4.17. The molecule has 2 aromatic rings. The van der Waals surface area contributed by atoms with E-state index in [1.54, 1.807) is 19.1 Å². The first-order valence-corrected chi connectivity index (χ1v) is 9.30. The van der Waals surface area contributed by atoms with Crippen LogP contribution in [0.25, 0.3) is 0 Å². The van der Waals surface area contributed by atoms with Crippen molar-refractivity contribution in [1.29, 1.82) is 0 Å². The van der Waals surface area contributed by atoms with Gasteiger partial charge in [0.05, 0.1) is 0 Å². The Morgan fingerprint density at radius 2 is 1.93 bits per heavy atom. The highest BCUT2D eigenvalue weighted by atomic mass is 35.5. The standard InChI is InChI=1S/C21H25ClN2O3/c1-4-23-21(26)16(3)24(13-17-9-5-6-11-19(17)22)20(25)14-27-18-10-7-8-15(2)12-18/h5-12,16H,4,13-14H2,1-3H3,(H,23,26)/t16-/m0/s1. The minimum absolute atomic E-state index is 0.155. The van der Waals surface area contributed by atoms with Crippen LogP contribution in [0.15, 0.2) is 48.5 Å². The second-order valence-electron chi connectivity index (χ2n) is 6.29. The Balaban J connectivity index is 2.15. The number of hydrogen-bond acceptors (Lipinski definition) is 3. The minimum atomic E-state index is -0.644. The molecule has 0 fully saturated rings. The summed E-state index contributed by atoms with van der Waals surface area (Å²) in [5.74, 6) is 0.121. The molecule has 0 spiro atoms. The summed E-state index contributed by atoms with van der Waals surface area (Å²) in [5, 5.41) is 3.31. The highest BCUT2D eigenvalue weighted by Crippen LogP contribution is 2.19. The second-order valence-corrected chi connectivity index (χ2v) is 6.70. The molecule has 0 aliphatic heterocycles. The zero-order valence-electron chi connectivity index (χ0n) is 15.9. The van der Waals surface area contributed by atoms with E-state index in [0.717, 1.165) is 11.1 Å². The zero-order valence-corrected chi connectivity index (χ0v) is 16.6. The summed E-state index contributed by atoms with van der Waals surface area (Å²) < 4.78 is 5.63. The molecule has 2 amide bonds. The summed E-state index contributed by atoms with van der Waals surface area (Å²) in [5.41, 5.74) is 1.82. The van der Waals surface area contributed by atoms with Crippen LogP contribution in [0.5, 0.6) is 5.75 Å². The first kappa shape index (κ1) is 20.8. The maximum atomic E-state index is 12.8. The van der Waals surface area contributed by atoms with Gasteiger partial charge < -0.3 is 15.0 Å². The number of carbonyl (C=O) groups excluding carboxylic acids is 2. The molecule has 5 nitrogen and oxygen atoms in total. The smallest absolute Gasteiger partial charge is 0.261 e. The maximum Gasteiger partial charge on any atom is 0.261 e. The molecule has 0 radical (unpaired) electrons. The van der Waals surface area contributed by atoms with E-state index in [2.05, 4.69) is 5.32 Å². The third kappa shape index (κ3) is 6.00. The van der Waals surface area contributed by atoms with Gasteiger partial charge in [0, 0.05) is 18.1 Å². The van der Waals surface area contributed by atoms with Crippen molar-refractivity contribution < 1.29 is 14.3 Å². The van der Waals surface area contributed by atoms with Crippen LogP contribution < -0.4 is 10.1 Å². The van der Waals surface area contributed by atoms with Gasteiger partial charge >= 0.3 is 0 Å². The average Bonchev–Trinajstić information content (AvgIpc) is 2.65. The molecule has 27 heavy (non-hydrogen) atoms. The summed E-state index contributed by atoms with van der Waals surface area (Å²) in [4.78, 5) is 26.6. The summed E-state index contributed by atoms with van der Waals surface area (Å²) in [7, 11) is 0. The first-order valence-electron chi connectivity index (χ1n) is 8.92. The number of rotatable bonds is 8. The third-order valence-corrected chi connectivity index (χ3v) is 4.54. The van der Waals surface area contributed by atoms with Crippen LogP contribution in [0.3, 0.4) is 0 Å². The number of amides is 2. The number of halogens is 1. The van der Waals surface area contributed by atoms with Crippen LogP contribution in [0.4, 0.5) is 0 Å². The van der Waals surface area contributed by atoms with E-state index in [4.69, 9.17) is 16.3 Å². The molecule has 1 N–H and O–H groups in total. The molecule has 0 saturated carbocycles. The van der Waals surface area contributed by atoms with Crippen LogP contribution in [0, 0.1) is 6.92 Å². The number of nitrogens with one attached hydrogen (secondary N) is 1. The lowest BCUT2D eigenvalue weighted by molar-refractivity contribution is -0.142. The molecule has 2 rings (SSSR count). The molecular weight excluding hydrogens is 364 g/mol. The van der Waals surface area contributed by atoms with E-state index in [9.17, 15) is 9.59 Å². The van der Waals surface area contributed by atoms with Crippen molar-refractivity contribution in [2.75, 3.05) is 13.2 Å². The van der Waals surface area contributed by atoms with Crippen molar-refractivity contribution in [3.8, 4) is 5.75 Å². The van der Waals surface area contributed by atoms with E-state index in [-0.39, 0.29) is 25.0 Å². The molecule has 2 aromatic carbocycles. The molecule has 0 saturated heterocycles. The number of aryl methyl sites for hydroxylation is 1. The van der Waals surface area contributed by atoms with Crippen LogP contribution in [0.1, 0.15) is 25.0 Å². The minimum Gasteiger partial charge on any atom is -0.484 e. The fourth-order valence-corrected chi connectivity index (χ4v) is 2.84. The normalized spacial score (nSPS) is 11.6. The SMILES string of the molecule is CCNC(=O)[C@H](C)N(Cc1ccccc1Cl)C(=O)COc1cccc(C)c1. The molecular formula is C21H25ClN2O3. The largest absolute Gasteiger partial charge is 0.484 e. The predicted molar refractivity (Wildman–Crippen MR) is 107 cm³/mol. The summed E-state index contributed by atoms with van der Waals surface area (Å²) in [6.45, 7) is 6.07. The van der Waals surface area contributed by atoms with Gasteiger partial charge in [-0.3, -0.25) is 9.59 Å². The van der Waals surface area contributed by atoms with Crippen LogP contribution >= 0.6 is 11.6 Å². The summed E-state index contributed by atoms with van der Waals surface area (Å²) >= 11 is 6.24. The Bertz CT molecular complexity index is 795. The van der Waals surface area contributed by atoms with Crippen molar-refractivity contribution in [3.63, 3.8) is 0 Å². The van der Waals surface area contributed by atoms with Gasteiger partial charge in [-0.05, 0) is 50.1 Å². The number of nitrogens with zero attached hydrogens (tertiary/aromatic N) is 1. The zero-order chi connectivity index (χ0) is 19.8. The van der Waals surface area contributed by atoms with Gasteiger partial charge in [0.25, 0.3) is 5.91 Å². The Hall–Kier alpha value is -2.53. The Morgan fingerprint density at radius 3 is 2.59 bits per heavy atom. The van der Waals surface area contributed by atoms with Crippen molar-refractivity contribution in [1.82, 2.24) is 10.2 Å². The van der Waals surface area contributed by atoms with Gasteiger partial charge in [0.1, 0.15) is 11.8 Å². The van der Waals surface area contributed by atoms with E-state index in [1.165, 1.54) is 4.90 Å². The van der Waals surface area contributed by atoms with Crippen molar-refractivity contribution >= 4 is 23.4 Å². The Labute approximate surface area is 165 Å². The monoisotopic (exact) mass is 388 g/mol. The lowest BCUT2D eigenvalue weighted by Gasteiger charge is -2.29. The molecule has 0 heterocycles. The van der Waals surface area contributed by atoms with Crippen molar-refractivity contribution in [2.24, 2.45) is 0 Å². The average molecular weight is 389 g/mol. The number of carbonyl (C=O) groups is 2. The van der Waals surface area contributed by atoms with Crippen LogP contribution in [-0.4, -0.2) is 35.9 Å². The van der Waals surface area contributed by atoms with Gasteiger partial charge in [-0.15, -0.1) is 0 Å². The highest BCUT2D eigenvalue weighted by Gasteiger charge is 2.26. The number of hydrogen-bond donors (Lipinski definition) is 1. The fourth-order valence-electron chi connectivity index (χ4n) is 2.65. The molecule has 0 aromatic heterocycles. The molecule has 0 aliphatic rings. The van der Waals surface area contributed by atoms with Crippen molar-refractivity contribution in [2.45, 2.75) is 33.4 Å². The van der Waals surface area contributed by atoms with Crippen molar-refractivity contribution in [3.05, 3.63) is 64.7 Å². The lowest BCUT2D eigenvalue weighted by Crippen LogP contribution is -2.49. The highest BCUT2D eigenvalue weighted by molar-refractivity contribution is 6.31. The maximum absolute atomic E-state index is 12.8. The number of likely N-dealkylation sites (N-methyl/N-ethyl adjacent to an activating group) is 1. The Morgan fingerprint density at radius 1 is 1.19 bits per heavy atom. The Kier molecular flexibility index (Phi) is 7.67. The van der Waals surface area contributed by atoms with Gasteiger partial charge in [0.15, 0.2) is 6.61 Å². The fraction of sp³-hybridized carbons (Fsp3) is 0.333. The number of benzene rings is 2. The van der Waals surface area contributed by atoms with Crippen LogP contribution in [-0.2, 0) is 16.1 Å². The van der Waals surface area contributed by atoms with E-state index in [0.29, 0.717) is 17.3 Å². The number of ether oxygens (including phenoxy) is 1. The van der Waals surface area contributed by atoms with E-state index < -0.39 is 6.04 Å². The first-order chi connectivity index (χ1) is 12.9. The van der Waals surface area contributed by atoms with Gasteiger partial charge in [-0.25, -0.2) is 0 Å². The molecule has 0 unspecified atom stereocenters. The predicted octanol–water partition coefficient (Wildman–Crippen LogP) is 3.58. The van der Waals surface area contributed by atoms with Gasteiger partial charge in [-0.1, -0.05) is 41.9 Å². The summed E-state index contributed by atoms with van der Waals surface area (Å²) in [6, 6.07) is 14.1. The quantitative estimate of drug-likeness (QED) is 0.751. The molecule has 0 bridgehead atoms. The van der Waals surface area contributed by atoms with Gasteiger partial charge in [0.2, 0.25) is 5.91 Å². The summed E-state index contributed by atoms with van der Waals surface area (Å²) in [6.07, 6.45) is 0. The van der Waals surface area contributed by atoms with E-state index >= 15 is 0 Å². The lowest BCUT2D eigenvalue weighted by atomic mass is 10.1. The molecule has 0 aliphatic carbocycles. The topological polar surface area (TPSA) is 58.6 Å². The van der Waals surface area contributed by atoms with Crippen LogP contribution in [0.2, 0.25) is 5.02 Å². The molecule has 144 valence electrons. The van der Waals surface area contributed by atoms with E-state index in [1.807, 2.05) is 50.2 Å². The van der Waals surface area contributed by atoms with Gasteiger partial charge in [-0.2, -0.15) is 0 Å². The molecule has 6 heteroatoms. The second kappa shape index (κ2) is 9.97.